The summed E-state index contributed by atoms with van der Waals surface area (Å²) in [4.78, 5) is 37.2. The third kappa shape index (κ3) is 6.97. The van der Waals surface area contributed by atoms with Crippen LogP contribution in [0, 0.1) is 0 Å². The van der Waals surface area contributed by atoms with E-state index in [9.17, 15) is 22.8 Å². The van der Waals surface area contributed by atoms with Gasteiger partial charge in [-0.3, -0.25) is 23.8 Å². The molecule has 0 aliphatic carbocycles. The standard InChI is InChI=1S/C20H19NO7S.2Na.2H/c22-18(28-16-10-5-6-11-17(16)29(25,26)27)12-2-1-7-13-21-19(23)14-8-3-4-9-15(14)20(21)24;;;;/h3-6,8-11H,1-2,7,12-13H2,(H,25,26,27);;;;. The number of unbranched alkanes of at least 4 members (excludes halogenated alkanes) is 2. The van der Waals surface area contributed by atoms with E-state index in [-0.39, 0.29) is 89.6 Å². The molecule has 1 aliphatic heterocycles. The number of hydrogen-bond acceptors (Lipinski definition) is 6. The Morgan fingerprint density at radius 2 is 1.42 bits per heavy atom. The maximum atomic E-state index is 12.3. The summed E-state index contributed by atoms with van der Waals surface area (Å²) in [7, 11) is -4.50. The summed E-state index contributed by atoms with van der Waals surface area (Å²) in [6.45, 7) is 0.257. The zero-order valence-electron chi connectivity index (χ0n) is 15.4. The number of rotatable bonds is 8. The first kappa shape index (κ1) is 28.0. The normalized spacial score (nSPS) is 12.6. The van der Waals surface area contributed by atoms with Crippen LogP contribution in [0.3, 0.4) is 0 Å². The fourth-order valence-corrected chi connectivity index (χ4v) is 3.69. The molecular formula is C20H21NNa2O7S. The predicted molar refractivity (Wildman–Crippen MR) is 116 cm³/mol. The van der Waals surface area contributed by atoms with E-state index in [4.69, 9.17) is 9.29 Å². The van der Waals surface area contributed by atoms with E-state index in [2.05, 4.69) is 0 Å². The molecule has 0 saturated heterocycles. The molecule has 31 heavy (non-hydrogen) atoms. The van der Waals surface area contributed by atoms with Gasteiger partial charge in [0.2, 0.25) is 0 Å². The number of amides is 2. The van der Waals surface area contributed by atoms with E-state index in [1.54, 1.807) is 24.3 Å². The van der Waals surface area contributed by atoms with Crippen molar-refractivity contribution in [2.75, 3.05) is 6.54 Å². The van der Waals surface area contributed by atoms with Gasteiger partial charge in [-0.1, -0.05) is 30.7 Å². The van der Waals surface area contributed by atoms with Crippen molar-refractivity contribution in [2.24, 2.45) is 0 Å². The molecule has 0 spiro atoms. The van der Waals surface area contributed by atoms with Crippen LogP contribution in [-0.4, -0.2) is 101 Å². The molecule has 0 radical (unpaired) electrons. The third-order valence-corrected chi connectivity index (χ3v) is 5.38. The number of benzene rings is 2. The number of esters is 1. The zero-order chi connectivity index (χ0) is 21.0. The zero-order valence-corrected chi connectivity index (χ0v) is 16.2. The Morgan fingerprint density at radius 1 is 0.871 bits per heavy atom. The second-order valence-corrected chi connectivity index (χ2v) is 7.90. The van der Waals surface area contributed by atoms with E-state index >= 15 is 0 Å². The molecule has 0 atom stereocenters. The van der Waals surface area contributed by atoms with Crippen molar-refractivity contribution in [1.82, 2.24) is 4.90 Å². The van der Waals surface area contributed by atoms with Crippen molar-refractivity contribution in [2.45, 2.75) is 30.6 Å². The van der Waals surface area contributed by atoms with Crippen LogP contribution in [0.15, 0.2) is 53.4 Å². The van der Waals surface area contributed by atoms with Crippen molar-refractivity contribution in [3.8, 4) is 5.75 Å². The first-order valence-corrected chi connectivity index (χ1v) is 10.5. The molecule has 1 N–H and O–H groups in total. The molecule has 0 aromatic heterocycles. The molecule has 1 aliphatic rings. The number of carbonyl (C=O) groups is 3. The number of nitrogens with zero attached hydrogens (tertiary/aromatic N) is 1. The van der Waals surface area contributed by atoms with Gasteiger partial charge < -0.3 is 4.74 Å². The fourth-order valence-electron chi connectivity index (χ4n) is 3.08. The minimum atomic E-state index is -4.50. The van der Waals surface area contributed by atoms with Crippen LogP contribution in [0.4, 0.5) is 0 Å². The number of para-hydroxylation sites is 1. The first-order chi connectivity index (χ1) is 13.8. The molecule has 2 aromatic rings. The number of imide groups is 1. The third-order valence-electron chi connectivity index (χ3n) is 4.49. The van der Waals surface area contributed by atoms with Gasteiger partial charge in [-0.15, -0.1) is 0 Å². The van der Waals surface area contributed by atoms with Gasteiger partial charge in [-0.25, -0.2) is 0 Å². The summed E-state index contributed by atoms with van der Waals surface area (Å²) in [5.41, 5.74) is 0.803. The molecule has 2 amide bonds. The molecule has 2 aromatic carbocycles. The van der Waals surface area contributed by atoms with Gasteiger partial charge in [0, 0.05) is 13.0 Å². The predicted octanol–water partition coefficient (Wildman–Crippen LogP) is 1.40. The topological polar surface area (TPSA) is 118 Å². The van der Waals surface area contributed by atoms with Gasteiger partial charge in [0.1, 0.15) is 4.90 Å². The second-order valence-electron chi connectivity index (χ2n) is 6.51. The summed E-state index contributed by atoms with van der Waals surface area (Å²) in [5.74, 6) is -1.49. The maximum absolute atomic E-state index is 12.3. The molecule has 0 unspecified atom stereocenters. The molecule has 0 fully saturated rings. The van der Waals surface area contributed by atoms with Crippen molar-refractivity contribution in [1.29, 1.82) is 0 Å². The molecule has 8 nitrogen and oxygen atoms in total. The summed E-state index contributed by atoms with van der Waals surface area (Å²) in [6.07, 6.45) is 1.57. The van der Waals surface area contributed by atoms with Gasteiger partial charge >= 0.3 is 65.1 Å². The summed E-state index contributed by atoms with van der Waals surface area (Å²) in [5, 5.41) is 0. The van der Waals surface area contributed by atoms with Crippen molar-refractivity contribution >= 4 is 87.0 Å². The van der Waals surface area contributed by atoms with E-state index in [1.165, 1.54) is 23.1 Å². The Hall–Kier alpha value is -1.04. The van der Waals surface area contributed by atoms with Crippen LogP contribution in [0.25, 0.3) is 0 Å². The number of hydrogen-bond donors (Lipinski definition) is 1. The van der Waals surface area contributed by atoms with E-state index in [0.29, 0.717) is 30.4 Å². The number of ether oxygens (including phenoxy) is 1. The fraction of sp³-hybridized carbons (Fsp3) is 0.250. The average Bonchev–Trinajstić information content (AvgIpc) is 2.92. The monoisotopic (exact) mass is 465 g/mol. The SMILES string of the molecule is O=C(CCCCCN1C(=O)c2ccccc2C1=O)Oc1ccccc1S(=O)(=O)O.[NaH].[NaH]. The van der Waals surface area contributed by atoms with Gasteiger partial charge in [0.05, 0.1) is 11.1 Å². The van der Waals surface area contributed by atoms with Gasteiger partial charge in [0.25, 0.3) is 21.9 Å². The first-order valence-electron chi connectivity index (χ1n) is 9.01. The number of carbonyl (C=O) groups excluding carboxylic acids is 3. The molecule has 0 bridgehead atoms. The van der Waals surface area contributed by atoms with Crippen LogP contribution in [0.5, 0.6) is 5.75 Å². The Kier molecular flexibility index (Phi) is 11.1. The van der Waals surface area contributed by atoms with E-state index in [0.717, 1.165) is 6.07 Å². The second kappa shape index (κ2) is 12.3. The van der Waals surface area contributed by atoms with Crippen LogP contribution >= 0.6 is 0 Å². The summed E-state index contributed by atoms with van der Waals surface area (Å²) < 4.78 is 36.8. The molecule has 11 heteroatoms. The van der Waals surface area contributed by atoms with Crippen LogP contribution in [0.2, 0.25) is 0 Å². The molecule has 3 rings (SSSR count). The molecule has 156 valence electrons. The number of fused-ring (bicyclic) bond motifs is 1. The Bertz CT molecular complexity index is 1040. The molecule has 0 saturated carbocycles. The van der Waals surface area contributed by atoms with E-state index < -0.39 is 21.0 Å². The molecular weight excluding hydrogens is 444 g/mol. The van der Waals surface area contributed by atoms with Crippen molar-refractivity contribution in [3.63, 3.8) is 0 Å². The van der Waals surface area contributed by atoms with Crippen LogP contribution in [-0.2, 0) is 14.9 Å². The van der Waals surface area contributed by atoms with Gasteiger partial charge in [-0.05, 0) is 37.1 Å². The minimum absolute atomic E-state index is 0. The Labute approximate surface area is 224 Å². The Morgan fingerprint density at radius 3 is 2.00 bits per heavy atom. The van der Waals surface area contributed by atoms with E-state index in [1.807, 2.05) is 0 Å². The van der Waals surface area contributed by atoms with Gasteiger partial charge in [-0.2, -0.15) is 8.42 Å². The molecule has 1 heterocycles. The van der Waals surface area contributed by atoms with Crippen molar-refractivity contribution < 1.29 is 32.1 Å². The average molecular weight is 465 g/mol. The summed E-state index contributed by atoms with van der Waals surface area (Å²) >= 11 is 0. The van der Waals surface area contributed by atoms with Crippen LogP contribution in [0.1, 0.15) is 46.4 Å². The Balaban J connectivity index is 0.00000240. The van der Waals surface area contributed by atoms with Crippen molar-refractivity contribution in [3.05, 3.63) is 59.7 Å². The summed E-state index contributed by atoms with van der Waals surface area (Å²) in [6, 6.07) is 12.0. The van der Waals surface area contributed by atoms with Crippen LogP contribution < -0.4 is 4.74 Å². The quantitative estimate of drug-likeness (QED) is 0.156. The van der Waals surface area contributed by atoms with Gasteiger partial charge in [0.15, 0.2) is 5.75 Å².